The van der Waals surface area contributed by atoms with Gasteiger partial charge in [-0.2, -0.15) is 4.31 Å². The van der Waals surface area contributed by atoms with E-state index in [2.05, 4.69) is 0 Å². The van der Waals surface area contributed by atoms with E-state index < -0.39 is 22.0 Å². The van der Waals surface area contributed by atoms with Gasteiger partial charge in [0.05, 0.1) is 17.7 Å². The molecule has 2 atom stereocenters. The van der Waals surface area contributed by atoms with Crippen LogP contribution in [0.5, 0.6) is 0 Å². The number of carboxylic acid groups (broad SMARTS) is 1. The fourth-order valence-electron chi connectivity index (χ4n) is 1.64. The number of hydrogen-bond acceptors (Lipinski definition) is 5. The molecular weight excluding hydrogens is 266 g/mol. The van der Waals surface area contributed by atoms with Crippen molar-refractivity contribution in [3.8, 4) is 0 Å². The number of rotatable bonds is 6. The van der Waals surface area contributed by atoms with Gasteiger partial charge in [0.15, 0.2) is 0 Å². The van der Waals surface area contributed by atoms with Crippen molar-refractivity contribution in [2.45, 2.75) is 25.3 Å². The molecule has 0 aliphatic carbocycles. The molecule has 0 amide bonds. The van der Waals surface area contributed by atoms with Crippen molar-refractivity contribution in [2.75, 3.05) is 24.7 Å². The predicted octanol–water partition coefficient (Wildman–Crippen LogP) is 0.201. The number of ether oxygens (including phenoxy) is 1. The number of aliphatic carboxylic acids is 1. The van der Waals surface area contributed by atoms with Crippen molar-refractivity contribution in [3.63, 3.8) is 0 Å². The van der Waals surface area contributed by atoms with E-state index in [0.717, 1.165) is 4.31 Å². The number of sulfonamides is 1. The zero-order valence-electron chi connectivity index (χ0n) is 9.83. The molecule has 2 unspecified atom stereocenters. The highest BCUT2D eigenvalue weighted by Crippen LogP contribution is 2.31. The smallest absolute Gasteiger partial charge is 0.322 e. The number of thioether (sulfide) groups is 1. The van der Waals surface area contributed by atoms with Crippen LogP contribution in [0.1, 0.15) is 13.8 Å². The van der Waals surface area contributed by atoms with Gasteiger partial charge in [0.2, 0.25) is 10.0 Å². The fourth-order valence-corrected chi connectivity index (χ4v) is 4.92. The summed E-state index contributed by atoms with van der Waals surface area (Å²) in [5, 5.41) is 8.65. The van der Waals surface area contributed by atoms with Gasteiger partial charge in [-0.3, -0.25) is 4.79 Å². The summed E-state index contributed by atoms with van der Waals surface area (Å²) in [5.74, 6) is -0.971. The SMILES string of the molecule is CCOCCS(=O)(=O)N1C(C)SCC1C(=O)O. The lowest BCUT2D eigenvalue weighted by molar-refractivity contribution is -0.140. The van der Waals surface area contributed by atoms with Crippen LogP contribution in [0.4, 0.5) is 0 Å². The largest absolute Gasteiger partial charge is 0.480 e. The van der Waals surface area contributed by atoms with Crippen molar-refractivity contribution < 1.29 is 23.1 Å². The van der Waals surface area contributed by atoms with Crippen molar-refractivity contribution in [1.82, 2.24) is 4.31 Å². The maximum absolute atomic E-state index is 12.0. The molecule has 1 saturated heterocycles. The molecule has 100 valence electrons. The minimum absolute atomic E-state index is 0.0963. The van der Waals surface area contributed by atoms with Crippen LogP contribution < -0.4 is 0 Å². The Balaban J connectivity index is 2.77. The summed E-state index contributed by atoms with van der Waals surface area (Å²) in [4.78, 5) is 11.0. The van der Waals surface area contributed by atoms with Gasteiger partial charge in [0.1, 0.15) is 6.04 Å². The van der Waals surface area contributed by atoms with Gasteiger partial charge in [0.25, 0.3) is 0 Å². The third kappa shape index (κ3) is 3.57. The first-order chi connectivity index (χ1) is 7.90. The third-order valence-electron chi connectivity index (χ3n) is 2.46. The molecule has 1 fully saturated rings. The van der Waals surface area contributed by atoms with Crippen LogP contribution in [0.25, 0.3) is 0 Å². The molecule has 6 nitrogen and oxygen atoms in total. The summed E-state index contributed by atoms with van der Waals surface area (Å²) >= 11 is 1.33. The van der Waals surface area contributed by atoms with Crippen LogP contribution in [0, 0.1) is 0 Å². The summed E-state index contributed by atoms with van der Waals surface area (Å²) in [6.07, 6.45) is 0. The lowest BCUT2D eigenvalue weighted by Gasteiger charge is -2.23. The van der Waals surface area contributed by atoms with Crippen molar-refractivity contribution in [2.24, 2.45) is 0 Å². The molecule has 0 aromatic carbocycles. The molecule has 1 N–H and O–H groups in total. The monoisotopic (exact) mass is 283 g/mol. The van der Waals surface area contributed by atoms with E-state index in [1.54, 1.807) is 13.8 Å². The molecule has 0 radical (unpaired) electrons. The quantitative estimate of drug-likeness (QED) is 0.701. The van der Waals surface area contributed by atoms with E-state index in [-0.39, 0.29) is 17.7 Å². The Labute approximate surface area is 105 Å². The van der Waals surface area contributed by atoms with Gasteiger partial charge < -0.3 is 9.84 Å². The molecule has 17 heavy (non-hydrogen) atoms. The highest BCUT2D eigenvalue weighted by Gasteiger charge is 2.43. The topological polar surface area (TPSA) is 83.9 Å². The van der Waals surface area contributed by atoms with E-state index in [1.165, 1.54) is 11.8 Å². The van der Waals surface area contributed by atoms with Crippen LogP contribution in [0.15, 0.2) is 0 Å². The maximum atomic E-state index is 12.0. The summed E-state index contributed by atoms with van der Waals surface area (Å²) in [6.45, 7) is 4.02. The lowest BCUT2D eigenvalue weighted by Crippen LogP contribution is -2.46. The first-order valence-electron chi connectivity index (χ1n) is 5.33. The molecule has 0 aromatic rings. The number of carbonyl (C=O) groups is 1. The van der Waals surface area contributed by atoms with Crippen molar-refractivity contribution >= 4 is 27.8 Å². The van der Waals surface area contributed by atoms with Crippen molar-refractivity contribution in [1.29, 1.82) is 0 Å². The van der Waals surface area contributed by atoms with Crippen LogP contribution in [0.2, 0.25) is 0 Å². The highest BCUT2D eigenvalue weighted by molar-refractivity contribution is 8.01. The Kier molecular flexibility index (Phi) is 5.23. The number of hydrogen-bond donors (Lipinski definition) is 1. The van der Waals surface area contributed by atoms with Crippen molar-refractivity contribution in [3.05, 3.63) is 0 Å². The summed E-state index contributed by atoms with van der Waals surface area (Å²) in [6, 6.07) is -0.957. The van der Waals surface area contributed by atoms with Gasteiger partial charge in [-0.1, -0.05) is 0 Å². The molecular formula is C9H17NO5S2. The number of carboxylic acids is 1. The highest BCUT2D eigenvalue weighted by atomic mass is 32.2. The average Bonchev–Trinajstić information content (AvgIpc) is 2.61. The average molecular weight is 283 g/mol. The second-order valence-corrected chi connectivity index (χ2v) is 6.97. The van der Waals surface area contributed by atoms with Crippen LogP contribution in [-0.4, -0.2) is 59.9 Å². The Morgan fingerprint density at radius 3 is 2.76 bits per heavy atom. The number of nitrogens with zero attached hydrogens (tertiary/aromatic N) is 1. The second kappa shape index (κ2) is 6.03. The van der Waals surface area contributed by atoms with Gasteiger partial charge in [-0.05, 0) is 13.8 Å². The maximum Gasteiger partial charge on any atom is 0.322 e. The molecule has 1 heterocycles. The third-order valence-corrected chi connectivity index (χ3v) is 5.70. The van der Waals surface area contributed by atoms with Crippen LogP contribution >= 0.6 is 11.8 Å². The second-order valence-electron chi connectivity index (χ2n) is 3.63. The minimum Gasteiger partial charge on any atom is -0.480 e. The lowest BCUT2D eigenvalue weighted by atomic mass is 10.3. The Bertz CT molecular complexity index is 370. The van der Waals surface area contributed by atoms with Gasteiger partial charge in [-0.15, -0.1) is 11.8 Å². The predicted molar refractivity (Wildman–Crippen MR) is 65.5 cm³/mol. The Hall–Kier alpha value is -0.310. The van der Waals surface area contributed by atoms with Gasteiger partial charge in [-0.25, -0.2) is 8.42 Å². The summed E-state index contributed by atoms with van der Waals surface area (Å²) in [7, 11) is -3.57. The Morgan fingerprint density at radius 2 is 2.24 bits per heavy atom. The van der Waals surface area contributed by atoms with E-state index >= 15 is 0 Å². The molecule has 1 rings (SSSR count). The van der Waals surface area contributed by atoms with E-state index in [1.807, 2.05) is 0 Å². The first kappa shape index (κ1) is 14.7. The normalized spacial score (nSPS) is 26.2. The molecule has 1 aliphatic rings. The zero-order chi connectivity index (χ0) is 13.1. The molecule has 0 spiro atoms. The van der Waals surface area contributed by atoms with E-state index in [9.17, 15) is 13.2 Å². The molecule has 0 aromatic heterocycles. The summed E-state index contributed by atoms with van der Waals surface area (Å²) in [5.41, 5.74) is 0. The molecule has 0 bridgehead atoms. The minimum atomic E-state index is -3.57. The van der Waals surface area contributed by atoms with E-state index in [0.29, 0.717) is 12.4 Å². The van der Waals surface area contributed by atoms with Gasteiger partial charge >= 0.3 is 5.97 Å². The fraction of sp³-hybridized carbons (Fsp3) is 0.889. The van der Waals surface area contributed by atoms with Crippen LogP contribution in [-0.2, 0) is 19.6 Å². The van der Waals surface area contributed by atoms with Crippen LogP contribution in [0.3, 0.4) is 0 Å². The van der Waals surface area contributed by atoms with E-state index in [4.69, 9.17) is 9.84 Å². The standard InChI is InChI=1S/C9H17NO5S2/c1-3-15-4-5-17(13,14)10-7(2)16-6-8(10)9(11)12/h7-8H,3-6H2,1-2H3,(H,11,12). The first-order valence-corrected chi connectivity index (χ1v) is 7.99. The zero-order valence-corrected chi connectivity index (χ0v) is 11.5. The molecule has 1 aliphatic heterocycles. The molecule has 0 saturated carbocycles. The summed E-state index contributed by atoms with van der Waals surface area (Å²) < 4.78 is 30.1. The van der Waals surface area contributed by atoms with Gasteiger partial charge in [0, 0.05) is 12.4 Å². The molecule has 8 heteroatoms. The Morgan fingerprint density at radius 1 is 1.59 bits per heavy atom.